The quantitative estimate of drug-likeness (QED) is 0.410. The molecule has 1 rings (SSSR count). The number of ether oxygens (including phenoxy) is 2. The van der Waals surface area contributed by atoms with Crippen LogP contribution in [0.5, 0.6) is 0 Å². The number of nitrogens with one attached hydrogen (secondary N) is 2. The molecule has 0 aliphatic heterocycles. The molecule has 0 radical (unpaired) electrons. The molecule has 1 aromatic carbocycles. The molecule has 4 N–H and O–H groups in total. The van der Waals surface area contributed by atoms with Crippen molar-refractivity contribution < 1.29 is 23.9 Å². The molecule has 8 nitrogen and oxygen atoms in total. The van der Waals surface area contributed by atoms with Crippen LogP contribution in [0, 0.1) is 5.41 Å². The fourth-order valence-corrected chi connectivity index (χ4v) is 1.13. The molecular weight excluding hydrogens is 302 g/mol. The Morgan fingerprint density at radius 1 is 1.26 bits per heavy atom. The van der Waals surface area contributed by atoms with Crippen molar-refractivity contribution in [3.63, 3.8) is 0 Å². The maximum absolute atomic E-state index is 11.1. The number of rotatable bonds is 6. The van der Waals surface area contributed by atoms with Crippen LogP contribution in [0.2, 0.25) is 0 Å². The molecule has 1 amide bonds. The van der Waals surface area contributed by atoms with Gasteiger partial charge in [-0.15, -0.1) is 0 Å². The van der Waals surface area contributed by atoms with Crippen LogP contribution in [0.3, 0.4) is 0 Å². The molecule has 0 fully saturated rings. The van der Waals surface area contributed by atoms with Gasteiger partial charge in [0.05, 0.1) is 13.3 Å². The topological polar surface area (TPSA) is 132 Å². The average Bonchev–Trinajstić information content (AvgIpc) is 2.58. The maximum atomic E-state index is 11.1. The second-order valence-corrected chi connectivity index (χ2v) is 4.21. The van der Waals surface area contributed by atoms with Gasteiger partial charge in [-0.3, -0.25) is 9.59 Å². The number of carbonyl (C=O) groups is 3. The second kappa shape index (κ2) is 11.7. The smallest absolute Gasteiger partial charge is 0.407 e. The van der Waals surface area contributed by atoms with Gasteiger partial charge >= 0.3 is 12.1 Å². The minimum absolute atomic E-state index is 0.116. The number of nitrogen functional groups attached to an aromatic ring is 1. The van der Waals surface area contributed by atoms with E-state index in [1.165, 1.54) is 7.11 Å². The molecule has 0 unspecified atom stereocenters. The molecule has 0 atom stereocenters. The van der Waals surface area contributed by atoms with E-state index in [-0.39, 0.29) is 18.9 Å². The van der Waals surface area contributed by atoms with Gasteiger partial charge < -0.3 is 25.9 Å². The molecule has 23 heavy (non-hydrogen) atoms. The van der Waals surface area contributed by atoms with Gasteiger partial charge in [0.1, 0.15) is 13.2 Å². The molecular formula is C15H21N3O5. The first-order valence-corrected chi connectivity index (χ1v) is 6.78. The highest BCUT2D eigenvalue weighted by molar-refractivity contribution is 6.26. The molecule has 0 aliphatic carbocycles. The normalized spacial score (nSPS) is 8.96. The lowest BCUT2D eigenvalue weighted by Crippen LogP contribution is -2.30. The summed E-state index contributed by atoms with van der Waals surface area (Å²) in [5.74, 6) is -0.649. The third-order valence-electron chi connectivity index (χ3n) is 2.46. The number of alkyl carbamates (subject to hydrolysis) is 1. The standard InChI is InChI=1S/C11H14N2O4.C4H7NO/c1-16-10(14)6-13-11(15)17-7-8-2-4-9(12)5-3-8;1-2-4(6)3-5/h2-5H,6-7,12H2,1H3,(H,13,15);3,5H,2H2,1H3. The zero-order chi connectivity index (χ0) is 17.7. The number of esters is 1. The van der Waals surface area contributed by atoms with Crippen LogP contribution < -0.4 is 11.1 Å². The zero-order valence-electron chi connectivity index (χ0n) is 13.1. The van der Waals surface area contributed by atoms with Gasteiger partial charge in [0.15, 0.2) is 5.78 Å². The number of amides is 1. The number of methoxy groups -OCH3 is 1. The fraction of sp³-hybridized carbons (Fsp3) is 0.333. The van der Waals surface area contributed by atoms with Crippen molar-refractivity contribution in [2.75, 3.05) is 19.4 Å². The van der Waals surface area contributed by atoms with Crippen molar-refractivity contribution in [2.24, 2.45) is 0 Å². The second-order valence-electron chi connectivity index (χ2n) is 4.21. The summed E-state index contributed by atoms with van der Waals surface area (Å²) >= 11 is 0. The molecule has 0 aliphatic rings. The molecule has 0 saturated carbocycles. The molecule has 0 bridgehead atoms. The molecule has 126 valence electrons. The summed E-state index contributed by atoms with van der Waals surface area (Å²) < 4.78 is 9.22. The van der Waals surface area contributed by atoms with Crippen LogP contribution >= 0.6 is 0 Å². The number of ketones is 1. The first-order valence-electron chi connectivity index (χ1n) is 6.78. The third kappa shape index (κ3) is 10.5. The van der Waals surface area contributed by atoms with Gasteiger partial charge in [-0.25, -0.2) is 4.79 Å². The maximum Gasteiger partial charge on any atom is 0.407 e. The third-order valence-corrected chi connectivity index (χ3v) is 2.46. The number of hydrogen-bond donors (Lipinski definition) is 3. The summed E-state index contributed by atoms with van der Waals surface area (Å²) in [5, 5.41) is 8.59. The molecule has 1 aromatic rings. The predicted molar refractivity (Wildman–Crippen MR) is 85.1 cm³/mol. The van der Waals surface area contributed by atoms with E-state index in [0.29, 0.717) is 12.1 Å². The molecule has 0 heterocycles. The SMILES string of the molecule is CCC(=O)C=N.COC(=O)CNC(=O)OCc1ccc(N)cc1. The minimum atomic E-state index is -0.674. The van der Waals surface area contributed by atoms with Gasteiger partial charge in [-0.2, -0.15) is 0 Å². The van der Waals surface area contributed by atoms with Crippen LogP contribution in [-0.4, -0.2) is 37.7 Å². The number of benzene rings is 1. The lowest BCUT2D eigenvalue weighted by Gasteiger charge is -2.06. The Balaban J connectivity index is 0.000000688. The Hall–Kier alpha value is -2.90. The van der Waals surface area contributed by atoms with Gasteiger partial charge in [0.2, 0.25) is 0 Å². The van der Waals surface area contributed by atoms with Crippen molar-refractivity contribution in [3.8, 4) is 0 Å². The Kier molecular flexibility index (Phi) is 10.2. The molecule has 0 spiro atoms. The van der Waals surface area contributed by atoms with E-state index in [1.54, 1.807) is 31.2 Å². The van der Waals surface area contributed by atoms with Gasteiger partial charge in [-0.05, 0) is 17.7 Å². The average molecular weight is 323 g/mol. The van der Waals surface area contributed by atoms with Crippen LogP contribution in [0.15, 0.2) is 24.3 Å². The number of anilines is 1. The van der Waals surface area contributed by atoms with Crippen LogP contribution in [0.4, 0.5) is 10.5 Å². The highest BCUT2D eigenvalue weighted by Crippen LogP contribution is 2.06. The molecule has 8 heteroatoms. The van der Waals surface area contributed by atoms with Crippen LogP contribution in [0.25, 0.3) is 0 Å². The number of hydrogen-bond acceptors (Lipinski definition) is 7. The summed E-state index contributed by atoms with van der Waals surface area (Å²) in [6, 6.07) is 6.93. The van der Waals surface area contributed by atoms with E-state index in [1.807, 2.05) is 0 Å². The molecule has 0 aromatic heterocycles. The van der Waals surface area contributed by atoms with Crippen molar-refractivity contribution in [1.82, 2.24) is 5.32 Å². The van der Waals surface area contributed by atoms with Crippen LogP contribution in [0.1, 0.15) is 18.9 Å². The van der Waals surface area contributed by atoms with E-state index in [4.69, 9.17) is 15.9 Å². The summed E-state index contributed by atoms with van der Waals surface area (Å²) in [5.41, 5.74) is 6.96. The Bertz CT molecular complexity index is 528. The van der Waals surface area contributed by atoms with E-state index in [0.717, 1.165) is 11.8 Å². The molecule has 0 saturated heterocycles. The summed E-state index contributed by atoms with van der Waals surface area (Å²) in [4.78, 5) is 31.8. The predicted octanol–water partition coefficient (Wildman–Crippen LogP) is 1.28. The van der Waals surface area contributed by atoms with Gasteiger partial charge in [-0.1, -0.05) is 19.1 Å². The largest absolute Gasteiger partial charge is 0.468 e. The number of Topliss-reactive ketones (excluding diaryl/α,β-unsaturated/α-hetero) is 1. The first-order chi connectivity index (χ1) is 10.9. The Labute approximate surface area is 134 Å². The Morgan fingerprint density at radius 2 is 1.87 bits per heavy atom. The lowest BCUT2D eigenvalue weighted by atomic mass is 10.2. The van der Waals surface area contributed by atoms with E-state index in [2.05, 4.69) is 10.1 Å². The monoisotopic (exact) mass is 323 g/mol. The Morgan fingerprint density at radius 3 is 2.30 bits per heavy atom. The number of carbonyl (C=O) groups excluding carboxylic acids is 3. The van der Waals surface area contributed by atoms with Crippen molar-refractivity contribution in [1.29, 1.82) is 5.41 Å². The lowest BCUT2D eigenvalue weighted by molar-refractivity contribution is -0.139. The van der Waals surface area contributed by atoms with E-state index in [9.17, 15) is 14.4 Å². The van der Waals surface area contributed by atoms with Gasteiger partial charge in [0.25, 0.3) is 0 Å². The van der Waals surface area contributed by atoms with E-state index < -0.39 is 12.1 Å². The fourth-order valence-electron chi connectivity index (χ4n) is 1.13. The van der Waals surface area contributed by atoms with Crippen molar-refractivity contribution in [2.45, 2.75) is 20.0 Å². The van der Waals surface area contributed by atoms with Crippen LogP contribution in [-0.2, 0) is 25.7 Å². The summed E-state index contributed by atoms with van der Waals surface area (Å²) in [7, 11) is 1.24. The minimum Gasteiger partial charge on any atom is -0.468 e. The van der Waals surface area contributed by atoms with Gasteiger partial charge in [0, 0.05) is 12.1 Å². The zero-order valence-corrected chi connectivity index (χ0v) is 13.1. The van der Waals surface area contributed by atoms with Crippen molar-refractivity contribution in [3.05, 3.63) is 29.8 Å². The summed E-state index contributed by atoms with van der Waals surface area (Å²) in [6.07, 6.45) is 0.607. The summed E-state index contributed by atoms with van der Waals surface area (Å²) in [6.45, 7) is 1.64. The highest BCUT2D eigenvalue weighted by Gasteiger charge is 2.05. The first kappa shape index (κ1) is 20.1. The number of nitrogens with two attached hydrogens (primary N) is 1. The highest BCUT2D eigenvalue weighted by atomic mass is 16.6. The van der Waals surface area contributed by atoms with Crippen molar-refractivity contribution >= 4 is 29.7 Å². The van der Waals surface area contributed by atoms with E-state index >= 15 is 0 Å².